The minimum Gasteiger partial charge on any atom is -0.480 e. The number of benzene rings is 2. The number of ether oxygens (including phenoxy) is 2. The summed E-state index contributed by atoms with van der Waals surface area (Å²) in [4.78, 5) is 37.3. The molecule has 2 aromatic rings. The molecule has 0 aromatic heterocycles. The summed E-state index contributed by atoms with van der Waals surface area (Å²) in [5, 5.41) is 3.06. The van der Waals surface area contributed by atoms with Gasteiger partial charge in [-0.15, -0.1) is 0 Å². The highest BCUT2D eigenvalue weighted by Crippen LogP contribution is 2.29. The van der Waals surface area contributed by atoms with E-state index in [1.807, 2.05) is 13.0 Å². The van der Waals surface area contributed by atoms with E-state index in [1.54, 1.807) is 36.4 Å². The Morgan fingerprint density at radius 3 is 2.78 bits per heavy atom. The number of amides is 2. The molecule has 2 amide bonds. The maximum Gasteiger partial charge on any atom is 0.344 e. The Balaban J connectivity index is 1.55. The Morgan fingerprint density at radius 2 is 1.96 bits per heavy atom. The van der Waals surface area contributed by atoms with Gasteiger partial charge in [-0.3, -0.25) is 14.5 Å². The first-order valence-corrected chi connectivity index (χ1v) is 8.55. The zero-order valence-electron chi connectivity index (χ0n) is 14.5. The van der Waals surface area contributed by atoms with Crippen LogP contribution in [0.5, 0.6) is 5.75 Å². The Labute approximate surface area is 160 Å². The van der Waals surface area contributed by atoms with Gasteiger partial charge in [-0.05, 0) is 36.8 Å². The molecule has 8 heteroatoms. The van der Waals surface area contributed by atoms with Crippen LogP contribution >= 0.6 is 11.6 Å². The standard InChI is InChI=1S/C19H17ClN2O5/c1-12-6-7-13(20)16(8-12)26-11-19(25)27-10-18(24)22-9-17(23)21-14-4-2-3-5-15(14)22/h2-8H,9-11H2,1H3,(H,21,23). The van der Waals surface area contributed by atoms with E-state index in [4.69, 9.17) is 21.1 Å². The number of halogens is 1. The molecule has 0 radical (unpaired) electrons. The van der Waals surface area contributed by atoms with Crippen LogP contribution in [0.15, 0.2) is 42.5 Å². The summed E-state index contributed by atoms with van der Waals surface area (Å²) in [6.45, 7) is 0.856. The van der Waals surface area contributed by atoms with Crippen LogP contribution < -0.4 is 15.0 Å². The third-order valence-corrected chi connectivity index (χ3v) is 4.17. The van der Waals surface area contributed by atoms with Gasteiger partial charge in [0.25, 0.3) is 5.91 Å². The van der Waals surface area contributed by atoms with Crippen molar-refractivity contribution in [2.75, 3.05) is 30.0 Å². The van der Waals surface area contributed by atoms with E-state index in [2.05, 4.69) is 5.32 Å². The second-order valence-electron chi connectivity index (χ2n) is 5.93. The van der Waals surface area contributed by atoms with Crippen molar-refractivity contribution in [1.82, 2.24) is 0 Å². The lowest BCUT2D eigenvalue weighted by Crippen LogP contribution is -2.44. The largest absolute Gasteiger partial charge is 0.480 e. The molecular weight excluding hydrogens is 372 g/mol. The Hall–Kier alpha value is -3.06. The quantitative estimate of drug-likeness (QED) is 0.796. The molecule has 1 aliphatic heterocycles. The Kier molecular flexibility index (Phi) is 5.61. The molecule has 0 unspecified atom stereocenters. The lowest BCUT2D eigenvalue weighted by atomic mass is 10.2. The molecule has 140 valence electrons. The number of para-hydroxylation sites is 2. The first kappa shape index (κ1) is 18.7. The average molecular weight is 389 g/mol. The number of fused-ring (bicyclic) bond motifs is 1. The highest BCUT2D eigenvalue weighted by atomic mass is 35.5. The number of hydrogen-bond donors (Lipinski definition) is 1. The van der Waals surface area contributed by atoms with Crippen LogP contribution in [0.1, 0.15) is 5.56 Å². The molecule has 1 aliphatic rings. The monoisotopic (exact) mass is 388 g/mol. The first-order chi connectivity index (χ1) is 12.9. The van der Waals surface area contributed by atoms with Crippen LogP contribution in [0, 0.1) is 6.92 Å². The van der Waals surface area contributed by atoms with E-state index in [-0.39, 0.29) is 19.1 Å². The summed E-state index contributed by atoms with van der Waals surface area (Å²) in [6.07, 6.45) is 0. The number of nitrogens with one attached hydrogen (secondary N) is 1. The van der Waals surface area contributed by atoms with E-state index < -0.39 is 18.5 Å². The molecule has 0 aliphatic carbocycles. The molecule has 7 nitrogen and oxygen atoms in total. The molecule has 1 heterocycles. The van der Waals surface area contributed by atoms with Crippen molar-refractivity contribution < 1.29 is 23.9 Å². The van der Waals surface area contributed by atoms with Crippen molar-refractivity contribution >= 4 is 40.8 Å². The maximum atomic E-state index is 12.4. The molecule has 0 spiro atoms. The van der Waals surface area contributed by atoms with Crippen LogP contribution in [0.2, 0.25) is 5.02 Å². The fraction of sp³-hybridized carbons (Fsp3) is 0.211. The van der Waals surface area contributed by atoms with Gasteiger partial charge in [0, 0.05) is 0 Å². The lowest BCUT2D eigenvalue weighted by Gasteiger charge is -2.28. The second kappa shape index (κ2) is 8.09. The second-order valence-corrected chi connectivity index (χ2v) is 6.34. The van der Waals surface area contributed by atoms with Crippen molar-refractivity contribution in [1.29, 1.82) is 0 Å². The topological polar surface area (TPSA) is 84.9 Å². The van der Waals surface area contributed by atoms with Gasteiger partial charge >= 0.3 is 5.97 Å². The highest BCUT2D eigenvalue weighted by molar-refractivity contribution is 6.32. The smallest absolute Gasteiger partial charge is 0.344 e. The summed E-state index contributed by atoms with van der Waals surface area (Å²) in [7, 11) is 0. The van der Waals surface area contributed by atoms with Gasteiger partial charge in [0.1, 0.15) is 12.3 Å². The van der Waals surface area contributed by atoms with Gasteiger partial charge in [-0.25, -0.2) is 4.79 Å². The summed E-state index contributed by atoms with van der Waals surface area (Å²) in [5.74, 6) is -1.16. The molecule has 2 aromatic carbocycles. The van der Waals surface area contributed by atoms with Gasteiger partial charge in [0.15, 0.2) is 13.2 Å². The molecule has 27 heavy (non-hydrogen) atoms. The summed E-state index contributed by atoms with van der Waals surface area (Å²) in [5.41, 5.74) is 2.02. The Bertz CT molecular complexity index is 899. The third-order valence-electron chi connectivity index (χ3n) is 3.86. The van der Waals surface area contributed by atoms with Crippen molar-refractivity contribution in [3.8, 4) is 5.75 Å². The Morgan fingerprint density at radius 1 is 1.19 bits per heavy atom. The number of anilines is 2. The van der Waals surface area contributed by atoms with E-state index >= 15 is 0 Å². The fourth-order valence-electron chi connectivity index (χ4n) is 2.58. The van der Waals surface area contributed by atoms with Crippen LogP contribution in [0.3, 0.4) is 0 Å². The third kappa shape index (κ3) is 4.57. The van der Waals surface area contributed by atoms with E-state index in [0.717, 1.165) is 5.56 Å². The molecule has 0 bridgehead atoms. The maximum absolute atomic E-state index is 12.4. The van der Waals surface area contributed by atoms with E-state index in [0.29, 0.717) is 22.1 Å². The minimum atomic E-state index is -0.712. The van der Waals surface area contributed by atoms with Gasteiger partial charge in [-0.1, -0.05) is 29.8 Å². The minimum absolute atomic E-state index is 0.136. The van der Waals surface area contributed by atoms with Crippen molar-refractivity contribution in [3.63, 3.8) is 0 Å². The van der Waals surface area contributed by atoms with Gasteiger partial charge in [0.2, 0.25) is 5.91 Å². The van der Waals surface area contributed by atoms with Gasteiger partial charge < -0.3 is 14.8 Å². The van der Waals surface area contributed by atoms with Crippen LogP contribution in [0.4, 0.5) is 11.4 Å². The molecule has 0 saturated heterocycles. The number of nitrogens with zero attached hydrogens (tertiary/aromatic N) is 1. The predicted molar refractivity (Wildman–Crippen MR) is 100 cm³/mol. The van der Waals surface area contributed by atoms with Crippen molar-refractivity contribution in [2.24, 2.45) is 0 Å². The number of carbonyl (C=O) groups is 3. The van der Waals surface area contributed by atoms with E-state index in [1.165, 1.54) is 4.90 Å². The number of aryl methyl sites for hydroxylation is 1. The van der Waals surface area contributed by atoms with Gasteiger partial charge in [-0.2, -0.15) is 0 Å². The number of rotatable bonds is 5. The molecular formula is C19H17ClN2O5. The fourth-order valence-corrected chi connectivity index (χ4v) is 2.75. The molecule has 1 N–H and O–H groups in total. The van der Waals surface area contributed by atoms with Crippen LogP contribution in [-0.2, 0) is 19.1 Å². The van der Waals surface area contributed by atoms with E-state index in [9.17, 15) is 14.4 Å². The normalized spacial score (nSPS) is 12.8. The van der Waals surface area contributed by atoms with Crippen molar-refractivity contribution in [2.45, 2.75) is 6.92 Å². The summed E-state index contributed by atoms with van der Waals surface area (Å²) >= 11 is 5.99. The van der Waals surface area contributed by atoms with Crippen LogP contribution in [0.25, 0.3) is 0 Å². The first-order valence-electron chi connectivity index (χ1n) is 8.18. The van der Waals surface area contributed by atoms with Crippen molar-refractivity contribution in [3.05, 3.63) is 53.1 Å². The van der Waals surface area contributed by atoms with Gasteiger partial charge in [0.05, 0.1) is 16.4 Å². The zero-order valence-corrected chi connectivity index (χ0v) is 15.3. The highest BCUT2D eigenvalue weighted by Gasteiger charge is 2.27. The number of carbonyl (C=O) groups excluding carboxylic acids is 3. The molecule has 3 rings (SSSR count). The van der Waals surface area contributed by atoms with Crippen LogP contribution in [-0.4, -0.2) is 37.5 Å². The molecule has 0 saturated carbocycles. The molecule has 0 fully saturated rings. The average Bonchev–Trinajstić information content (AvgIpc) is 2.66. The SMILES string of the molecule is Cc1ccc(Cl)c(OCC(=O)OCC(=O)N2CC(=O)Nc3ccccc32)c1. The number of hydrogen-bond acceptors (Lipinski definition) is 5. The predicted octanol–water partition coefficient (Wildman–Crippen LogP) is 2.56. The summed E-state index contributed by atoms with van der Waals surface area (Å²) < 4.78 is 10.3. The number of esters is 1. The summed E-state index contributed by atoms with van der Waals surface area (Å²) in [6, 6.07) is 12.1. The zero-order chi connectivity index (χ0) is 19.4. The molecule has 0 atom stereocenters. The lowest BCUT2D eigenvalue weighted by molar-refractivity contribution is -0.149.